The average molecular weight is 440 g/mol. The lowest BCUT2D eigenvalue weighted by Crippen LogP contribution is -2.29. The Morgan fingerprint density at radius 3 is 2.96 bits per heavy atom. The molecule has 3 rings (SSSR count). The van der Waals surface area contributed by atoms with Gasteiger partial charge in [-0.25, -0.2) is 4.98 Å². The summed E-state index contributed by atoms with van der Waals surface area (Å²) in [6, 6.07) is 8.08. The van der Waals surface area contributed by atoms with Gasteiger partial charge in [-0.15, -0.1) is 21.5 Å². The van der Waals surface area contributed by atoms with E-state index in [2.05, 4.69) is 26.6 Å². The van der Waals surface area contributed by atoms with E-state index in [1.165, 1.54) is 16.5 Å². The van der Waals surface area contributed by atoms with Crippen molar-refractivity contribution in [1.29, 1.82) is 0 Å². The molecule has 11 heteroatoms. The van der Waals surface area contributed by atoms with Crippen LogP contribution in [0.5, 0.6) is 0 Å². The third-order valence-corrected chi connectivity index (χ3v) is 6.86. The molecule has 0 aliphatic rings. The van der Waals surface area contributed by atoms with Crippen LogP contribution in [0.15, 0.2) is 33.8 Å². The van der Waals surface area contributed by atoms with Crippen molar-refractivity contribution in [1.82, 2.24) is 25.1 Å². The number of para-hydroxylation sites is 1. The Balaban J connectivity index is 1.45. The number of thiazole rings is 1. The Labute approximate surface area is 175 Å². The molecular formula is C17H21N5O3S3. The summed E-state index contributed by atoms with van der Waals surface area (Å²) in [6.07, 6.45) is 0. The maximum Gasteiger partial charge on any atom is 0.230 e. The number of hydrogen-bond acceptors (Lipinski definition) is 9. The molecule has 28 heavy (non-hydrogen) atoms. The van der Waals surface area contributed by atoms with E-state index in [9.17, 15) is 4.79 Å². The summed E-state index contributed by atoms with van der Waals surface area (Å²) < 4.78 is 9.18. The van der Waals surface area contributed by atoms with Crippen molar-refractivity contribution in [2.75, 3.05) is 32.1 Å². The van der Waals surface area contributed by atoms with Gasteiger partial charge in [0.15, 0.2) is 9.50 Å². The molecule has 2 aromatic heterocycles. The fourth-order valence-electron chi connectivity index (χ4n) is 2.25. The van der Waals surface area contributed by atoms with E-state index >= 15 is 0 Å². The highest BCUT2D eigenvalue weighted by Gasteiger charge is 2.13. The van der Waals surface area contributed by atoms with E-state index in [0.717, 1.165) is 15.7 Å². The molecule has 2 N–H and O–H groups in total. The Hall–Kier alpha value is -1.66. The molecule has 0 aliphatic carbocycles. The predicted molar refractivity (Wildman–Crippen MR) is 112 cm³/mol. The van der Waals surface area contributed by atoms with Crippen molar-refractivity contribution < 1.29 is 14.6 Å². The van der Waals surface area contributed by atoms with Crippen LogP contribution in [0.25, 0.3) is 10.2 Å². The Morgan fingerprint density at radius 2 is 2.14 bits per heavy atom. The molecule has 0 saturated heterocycles. The van der Waals surface area contributed by atoms with Gasteiger partial charge in [0, 0.05) is 13.6 Å². The minimum absolute atomic E-state index is 0.0183. The van der Waals surface area contributed by atoms with E-state index in [4.69, 9.17) is 9.84 Å². The van der Waals surface area contributed by atoms with Gasteiger partial charge in [0.1, 0.15) is 5.82 Å². The number of aliphatic hydroxyl groups excluding tert-OH is 1. The molecule has 8 nitrogen and oxygen atoms in total. The van der Waals surface area contributed by atoms with Crippen LogP contribution in [0.4, 0.5) is 0 Å². The average Bonchev–Trinajstić information content (AvgIpc) is 3.27. The summed E-state index contributed by atoms with van der Waals surface area (Å²) in [4.78, 5) is 16.5. The number of fused-ring (bicyclic) bond motifs is 1. The maximum absolute atomic E-state index is 11.9. The van der Waals surface area contributed by atoms with E-state index in [0.29, 0.717) is 24.1 Å². The number of thioether (sulfide) groups is 2. The van der Waals surface area contributed by atoms with Gasteiger partial charge in [-0.3, -0.25) is 4.79 Å². The number of aliphatic hydroxyl groups is 1. The fraction of sp³-hybridized carbons (Fsp3) is 0.412. The second kappa shape index (κ2) is 10.8. The van der Waals surface area contributed by atoms with Crippen LogP contribution >= 0.6 is 34.9 Å². The molecule has 0 aliphatic heterocycles. The van der Waals surface area contributed by atoms with Crippen molar-refractivity contribution in [3.63, 3.8) is 0 Å². The van der Waals surface area contributed by atoms with Crippen LogP contribution in [-0.4, -0.2) is 62.9 Å². The maximum atomic E-state index is 11.9. The fourth-order valence-corrected chi connectivity index (χ4v) is 5.05. The number of hydrogen-bond donors (Lipinski definition) is 2. The van der Waals surface area contributed by atoms with Crippen molar-refractivity contribution in [3.8, 4) is 0 Å². The first kappa shape index (κ1) is 21.1. The molecular weight excluding hydrogens is 418 g/mol. The summed E-state index contributed by atoms with van der Waals surface area (Å²) >= 11 is 4.64. The number of aromatic nitrogens is 4. The number of ether oxygens (including phenoxy) is 1. The van der Waals surface area contributed by atoms with Crippen LogP contribution in [0.1, 0.15) is 5.82 Å². The molecule has 0 unspecified atom stereocenters. The van der Waals surface area contributed by atoms with Gasteiger partial charge < -0.3 is 19.7 Å². The van der Waals surface area contributed by atoms with Crippen LogP contribution in [0.3, 0.4) is 0 Å². The Morgan fingerprint density at radius 1 is 1.29 bits per heavy atom. The van der Waals surface area contributed by atoms with Gasteiger partial charge in [-0.2, -0.15) is 0 Å². The number of nitrogens with zero attached hydrogens (tertiary/aromatic N) is 4. The first-order valence-electron chi connectivity index (χ1n) is 8.62. The predicted octanol–water partition coefficient (Wildman–Crippen LogP) is 1.93. The molecule has 0 saturated carbocycles. The number of nitrogens with one attached hydrogen (secondary N) is 1. The summed E-state index contributed by atoms with van der Waals surface area (Å²) in [7, 11) is 1.90. The summed E-state index contributed by atoms with van der Waals surface area (Å²) in [5, 5.41) is 20.5. The number of carbonyl (C=O) groups is 1. The van der Waals surface area contributed by atoms with Crippen molar-refractivity contribution in [3.05, 3.63) is 30.1 Å². The third-order valence-electron chi connectivity index (χ3n) is 3.66. The zero-order valence-corrected chi connectivity index (χ0v) is 17.8. The zero-order valence-electron chi connectivity index (χ0n) is 15.3. The first-order valence-corrected chi connectivity index (χ1v) is 11.4. The number of rotatable bonds is 11. The highest BCUT2D eigenvalue weighted by atomic mass is 32.2. The van der Waals surface area contributed by atoms with E-state index < -0.39 is 0 Å². The smallest absolute Gasteiger partial charge is 0.230 e. The van der Waals surface area contributed by atoms with Crippen LogP contribution in [0.2, 0.25) is 0 Å². The Kier molecular flexibility index (Phi) is 8.10. The van der Waals surface area contributed by atoms with Crippen molar-refractivity contribution in [2.24, 2.45) is 7.05 Å². The van der Waals surface area contributed by atoms with Gasteiger partial charge in [-0.1, -0.05) is 35.7 Å². The second-order valence-electron chi connectivity index (χ2n) is 5.67. The van der Waals surface area contributed by atoms with Gasteiger partial charge in [0.25, 0.3) is 0 Å². The van der Waals surface area contributed by atoms with E-state index in [1.54, 1.807) is 23.1 Å². The lowest BCUT2D eigenvalue weighted by atomic mass is 10.3. The molecule has 2 heterocycles. The van der Waals surface area contributed by atoms with Crippen molar-refractivity contribution in [2.45, 2.75) is 15.2 Å². The molecule has 150 valence electrons. The topological polar surface area (TPSA) is 102 Å². The quantitative estimate of drug-likeness (QED) is 0.345. The molecule has 0 spiro atoms. The lowest BCUT2D eigenvalue weighted by molar-refractivity contribution is -0.118. The number of benzene rings is 1. The molecule has 0 atom stereocenters. The molecule has 1 amide bonds. The van der Waals surface area contributed by atoms with Gasteiger partial charge in [0.2, 0.25) is 5.91 Å². The molecule has 0 radical (unpaired) electrons. The lowest BCUT2D eigenvalue weighted by Gasteiger charge is -2.06. The zero-order chi connectivity index (χ0) is 19.8. The van der Waals surface area contributed by atoms with E-state index in [1.807, 2.05) is 29.8 Å². The van der Waals surface area contributed by atoms with E-state index in [-0.39, 0.29) is 24.9 Å². The highest BCUT2D eigenvalue weighted by Crippen LogP contribution is 2.31. The van der Waals surface area contributed by atoms with Crippen LogP contribution in [-0.2, 0) is 22.3 Å². The minimum Gasteiger partial charge on any atom is -0.394 e. The third kappa shape index (κ3) is 5.92. The summed E-state index contributed by atoms with van der Waals surface area (Å²) in [5.74, 6) is 1.67. The normalized spacial score (nSPS) is 11.2. The second-order valence-corrected chi connectivity index (χ2v) is 8.86. The summed E-state index contributed by atoms with van der Waals surface area (Å²) in [6.45, 7) is 1.06. The minimum atomic E-state index is -0.0917. The SMILES string of the molecule is Cn1c(CSc2nc3ccccc3s2)nnc1SCC(=O)NCCOCCO. The van der Waals surface area contributed by atoms with Gasteiger partial charge in [0.05, 0.1) is 41.5 Å². The number of carbonyl (C=O) groups excluding carboxylic acids is 1. The van der Waals surface area contributed by atoms with Gasteiger partial charge in [-0.05, 0) is 12.1 Å². The number of amides is 1. The largest absolute Gasteiger partial charge is 0.394 e. The van der Waals surface area contributed by atoms with Crippen LogP contribution < -0.4 is 5.32 Å². The molecule has 3 aromatic rings. The molecule has 0 fully saturated rings. The standard InChI is InChI=1S/C17H21N5O3S3/c1-22-14(10-27-17-19-12-4-2-3-5-13(12)28-17)20-21-16(22)26-11-15(24)18-6-8-25-9-7-23/h2-5,23H,6-11H2,1H3,(H,18,24). The Bertz CT molecular complexity index is 881. The molecule has 0 bridgehead atoms. The van der Waals surface area contributed by atoms with Gasteiger partial charge >= 0.3 is 0 Å². The van der Waals surface area contributed by atoms with Crippen molar-refractivity contribution >= 4 is 51.0 Å². The monoisotopic (exact) mass is 439 g/mol. The van der Waals surface area contributed by atoms with Crippen LogP contribution in [0, 0.1) is 0 Å². The highest BCUT2D eigenvalue weighted by molar-refractivity contribution is 8.00. The first-order chi connectivity index (χ1) is 13.7. The summed E-state index contributed by atoms with van der Waals surface area (Å²) in [5.41, 5.74) is 1.01. The molecule has 1 aromatic carbocycles.